The Morgan fingerprint density at radius 2 is 2.21 bits per heavy atom. The van der Waals surface area contributed by atoms with Crippen LogP contribution in [-0.4, -0.2) is 6.04 Å². The van der Waals surface area contributed by atoms with E-state index in [1.807, 2.05) is 19.1 Å². The van der Waals surface area contributed by atoms with Gasteiger partial charge in [-0.3, -0.25) is 0 Å². The quantitative estimate of drug-likeness (QED) is 0.788. The van der Waals surface area contributed by atoms with Crippen molar-refractivity contribution in [2.24, 2.45) is 5.73 Å². The zero-order valence-electron chi connectivity index (χ0n) is 8.58. The number of rotatable bonds is 2. The molecule has 0 fully saturated rings. The van der Waals surface area contributed by atoms with Crippen LogP contribution >= 0.6 is 0 Å². The average Bonchev–Trinajstić information content (AvgIpc) is 2.47. The SMILES string of the molecule is Cc1cccc2oc(CC(C)N)cc12. The second-order valence-electron chi connectivity index (χ2n) is 3.88. The molecule has 0 bridgehead atoms. The van der Waals surface area contributed by atoms with Gasteiger partial charge in [0.2, 0.25) is 0 Å². The molecule has 74 valence electrons. The lowest BCUT2D eigenvalue weighted by atomic mass is 10.1. The van der Waals surface area contributed by atoms with Crippen LogP contribution in [0.5, 0.6) is 0 Å². The zero-order chi connectivity index (χ0) is 10.1. The van der Waals surface area contributed by atoms with Crippen LogP contribution in [0, 0.1) is 6.92 Å². The predicted octanol–water partition coefficient (Wildman–Crippen LogP) is 2.63. The van der Waals surface area contributed by atoms with E-state index in [0.29, 0.717) is 0 Å². The lowest BCUT2D eigenvalue weighted by Crippen LogP contribution is -2.17. The summed E-state index contributed by atoms with van der Waals surface area (Å²) in [6.45, 7) is 4.08. The van der Waals surface area contributed by atoms with E-state index in [1.165, 1.54) is 10.9 Å². The molecule has 1 atom stereocenters. The molecule has 2 rings (SSSR count). The Morgan fingerprint density at radius 3 is 2.86 bits per heavy atom. The maximum absolute atomic E-state index is 5.72. The normalized spacial score (nSPS) is 13.4. The number of hydrogen-bond donors (Lipinski definition) is 1. The second kappa shape index (κ2) is 3.46. The summed E-state index contributed by atoms with van der Waals surface area (Å²) >= 11 is 0. The molecule has 14 heavy (non-hydrogen) atoms. The van der Waals surface area contributed by atoms with Crippen LogP contribution in [0.1, 0.15) is 18.2 Å². The van der Waals surface area contributed by atoms with Crippen molar-refractivity contribution in [1.29, 1.82) is 0 Å². The third kappa shape index (κ3) is 1.66. The van der Waals surface area contributed by atoms with Crippen molar-refractivity contribution in [3.8, 4) is 0 Å². The summed E-state index contributed by atoms with van der Waals surface area (Å²) in [4.78, 5) is 0. The number of benzene rings is 1. The maximum atomic E-state index is 5.72. The third-order valence-corrected chi connectivity index (χ3v) is 2.35. The molecule has 1 aromatic heterocycles. The minimum atomic E-state index is 0.149. The van der Waals surface area contributed by atoms with Gasteiger partial charge in [-0.15, -0.1) is 0 Å². The zero-order valence-corrected chi connectivity index (χ0v) is 8.58. The fourth-order valence-electron chi connectivity index (χ4n) is 1.68. The molecule has 1 heterocycles. The van der Waals surface area contributed by atoms with Crippen LogP contribution in [0.4, 0.5) is 0 Å². The average molecular weight is 189 g/mol. The van der Waals surface area contributed by atoms with Crippen LogP contribution in [0.2, 0.25) is 0 Å². The van der Waals surface area contributed by atoms with E-state index in [-0.39, 0.29) is 6.04 Å². The summed E-state index contributed by atoms with van der Waals surface area (Å²) in [5.41, 5.74) is 7.94. The standard InChI is InChI=1S/C12H15NO/c1-8-4-3-5-12-11(8)7-10(14-12)6-9(2)13/h3-5,7,9H,6,13H2,1-2H3. The van der Waals surface area contributed by atoms with Crippen molar-refractivity contribution in [2.45, 2.75) is 26.3 Å². The lowest BCUT2D eigenvalue weighted by molar-refractivity contribution is 0.525. The Kier molecular flexibility index (Phi) is 2.30. The number of furan rings is 1. The first kappa shape index (κ1) is 9.28. The van der Waals surface area contributed by atoms with Gasteiger partial charge in [-0.05, 0) is 31.5 Å². The van der Waals surface area contributed by atoms with Crippen LogP contribution in [0.3, 0.4) is 0 Å². The van der Waals surface area contributed by atoms with E-state index in [1.54, 1.807) is 0 Å². The summed E-state index contributed by atoms with van der Waals surface area (Å²) in [5.74, 6) is 0.976. The first-order valence-corrected chi connectivity index (χ1v) is 4.90. The Hall–Kier alpha value is -1.28. The molecule has 0 saturated heterocycles. The predicted molar refractivity (Wildman–Crippen MR) is 58.3 cm³/mol. The minimum Gasteiger partial charge on any atom is -0.461 e. The first-order valence-electron chi connectivity index (χ1n) is 4.90. The monoisotopic (exact) mass is 189 g/mol. The Bertz CT molecular complexity index is 443. The summed E-state index contributed by atoms with van der Waals surface area (Å²) in [5, 5.41) is 1.20. The Morgan fingerprint density at radius 1 is 1.43 bits per heavy atom. The molecule has 1 unspecified atom stereocenters. The molecule has 0 aliphatic heterocycles. The molecular formula is C12H15NO. The number of fused-ring (bicyclic) bond motifs is 1. The smallest absolute Gasteiger partial charge is 0.134 e. The van der Waals surface area contributed by atoms with Gasteiger partial charge in [-0.1, -0.05) is 12.1 Å². The van der Waals surface area contributed by atoms with Gasteiger partial charge in [0.1, 0.15) is 11.3 Å². The molecule has 0 saturated carbocycles. The van der Waals surface area contributed by atoms with E-state index >= 15 is 0 Å². The highest BCUT2D eigenvalue weighted by atomic mass is 16.3. The summed E-state index contributed by atoms with van der Waals surface area (Å²) in [6.07, 6.45) is 0.800. The van der Waals surface area contributed by atoms with Crippen LogP contribution in [-0.2, 0) is 6.42 Å². The van der Waals surface area contributed by atoms with Gasteiger partial charge < -0.3 is 10.2 Å². The third-order valence-electron chi connectivity index (χ3n) is 2.35. The van der Waals surface area contributed by atoms with Gasteiger partial charge in [0.25, 0.3) is 0 Å². The lowest BCUT2D eigenvalue weighted by Gasteiger charge is -1.98. The van der Waals surface area contributed by atoms with Crippen molar-refractivity contribution >= 4 is 11.0 Å². The van der Waals surface area contributed by atoms with Crippen molar-refractivity contribution in [1.82, 2.24) is 0 Å². The fraction of sp³-hybridized carbons (Fsp3) is 0.333. The molecular weight excluding hydrogens is 174 g/mol. The summed E-state index contributed by atoms with van der Waals surface area (Å²) in [6, 6.07) is 8.33. The molecule has 0 aliphatic rings. The van der Waals surface area contributed by atoms with Crippen LogP contribution < -0.4 is 5.73 Å². The van der Waals surface area contributed by atoms with E-state index in [2.05, 4.69) is 19.1 Å². The van der Waals surface area contributed by atoms with E-state index < -0.39 is 0 Å². The summed E-state index contributed by atoms with van der Waals surface area (Å²) < 4.78 is 5.68. The van der Waals surface area contributed by atoms with Crippen molar-refractivity contribution in [2.75, 3.05) is 0 Å². The minimum absolute atomic E-state index is 0.149. The highest BCUT2D eigenvalue weighted by Crippen LogP contribution is 2.22. The number of hydrogen-bond acceptors (Lipinski definition) is 2. The molecule has 2 heteroatoms. The van der Waals surface area contributed by atoms with Crippen molar-refractivity contribution < 1.29 is 4.42 Å². The molecule has 0 aliphatic carbocycles. The van der Waals surface area contributed by atoms with Gasteiger partial charge >= 0.3 is 0 Å². The van der Waals surface area contributed by atoms with Crippen molar-refractivity contribution in [3.05, 3.63) is 35.6 Å². The highest BCUT2D eigenvalue weighted by Gasteiger charge is 2.06. The number of nitrogens with two attached hydrogens (primary N) is 1. The van der Waals surface area contributed by atoms with Crippen LogP contribution in [0.15, 0.2) is 28.7 Å². The molecule has 0 amide bonds. The van der Waals surface area contributed by atoms with Gasteiger partial charge in [0.05, 0.1) is 0 Å². The fourth-order valence-corrected chi connectivity index (χ4v) is 1.68. The van der Waals surface area contributed by atoms with Gasteiger partial charge in [0, 0.05) is 17.8 Å². The number of aryl methyl sites for hydroxylation is 1. The molecule has 0 radical (unpaired) electrons. The van der Waals surface area contributed by atoms with E-state index in [9.17, 15) is 0 Å². The molecule has 0 spiro atoms. The van der Waals surface area contributed by atoms with Gasteiger partial charge in [-0.25, -0.2) is 0 Å². The van der Waals surface area contributed by atoms with Gasteiger partial charge in [-0.2, -0.15) is 0 Å². The van der Waals surface area contributed by atoms with Gasteiger partial charge in [0.15, 0.2) is 0 Å². The summed E-state index contributed by atoms with van der Waals surface area (Å²) in [7, 11) is 0. The largest absolute Gasteiger partial charge is 0.461 e. The van der Waals surface area contributed by atoms with Crippen LogP contribution in [0.25, 0.3) is 11.0 Å². The van der Waals surface area contributed by atoms with Crippen molar-refractivity contribution in [3.63, 3.8) is 0 Å². The Balaban J connectivity index is 2.46. The molecule has 2 N–H and O–H groups in total. The first-order chi connectivity index (χ1) is 6.66. The maximum Gasteiger partial charge on any atom is 0.134 e. The second-order valence-corrected chi connectivity index (χ2v) is 3.88. The highest BCUT2D eigenvalue weighted by molar-refractivity contribution is 5.81. The van der Waals surface area contributed by atoms with E-state index in [0.717, 1.165) is 17.8 Å². The molecule has 1 aromatic carbocycles. The van der Waals surface area contributed by atoms with E-state index in [4.69, 9.17) is 10.2 Å². The molecule has 2 nitrogen and oxygen atoms in total. The topological polar surface area (TPSA) is 39.2 Å². The Labute approximate surface area is 83.7 Å². The molecule has 2 aromatic rings.